The van der Waals surface area contributed by atoms with E-state index in [4.69, 9.17) is 18.9 Å². The Hall–Kier alpha value is -3.47. The van der Waals surface area contributed by atoms with Crippen LogP contribution in [0.3, 0.4) is 0 Å². The molecule has 0 aromatic heterocycles. The number of para-hydroxylation sites is 2. The van der Waals surface area contributed by atoms with E-state index in [1.807, 2.05) is 42.5 Å². The second-order valence-electron chi connectivity index (χ2n) is 6.02. The van der Waals surface area contributed by atoms with Gasteiger partial charge in [0.05, 0.1) is 14.2 Å². The average molecular weight is 378 g/mol. The molecule has 5 heteroatoms. The smallest absolute Gasteiger partial charge is 0.349 e. The van der Waals surface area contributed by atoms with E-state index in [1.165, 1.54) is 19.8 Å². The zero-order valence-electron chi connectivity index (χ0n) is 15.9. The first kappa shape index (κ1) is 19.3. The van der Waals surface area contributed by atoms with Crippen LogP contribution in [0, 0.1) is 0 Å². The lowest BCUT2D eigenvalue weighted by Gasteiger charge is -2.14. The summed E-state index contributed by atoms with van der Waals surface area (Å²) in [5, 5.41) is 0. The molecule has 0 atom stereocenters. The zero-order chi connectivity index (χ0) is 19.8. The Kier molecular flexibility index (Phi) is 6.52. The van der Waals surface area contributed by atoms with Crippen LogP contribution < -0.4 is 18.9 Å². The van der Waals surface area contributed by atoms with Crippen LogP contribution in [-0.2, 0) is 11.2 Å². The maximum Gasteiger partial charge on any atom is 0.349 e. The number of carbonyl (C=O) groups is 1. The van der Waals surface area contributed by atoms with Gasteiger partial charge < -0.3 is 18.9 Å². The first-order chi connectivity index (χ1) is 13.7. The third-order valence-electron chi connectivity index (χ3n) is 4.15. The summed E-state index contributed by atoms with van der Waals surface area (Å²) in [6.45, 7) is -0.229. The van der Waals surface area contributed by atoms with Crippen molar-refractivity contribution in [1.82, 2.24) is 0 Å². The minimum Gasteiger partial charge on any atom is -0.493 e. The minimum atomic E-state index is -0.544. The van der Waals surface area contributed by atoms with Crippen LogP contribution in [0.5, 0.6) is 23.0 Å². The average Bonchev–Trinajstić information content (AvgIpc) is 2.74. The largest absolute Gasteiger partial charge is 0.493 e. The van der Waals surface area contributed by atoms with Crippen LogP contribution in [0.2, 0.25) is 0 Å². The highest BCUT2D eigenvalue weighted by atomic mass is 16.6. The van der Waals surface area contributed by atoms with Crippen molar-refractivity contribution < 1.29 is 23.7 Å². The van der Waals surface area contributed by atoms with Gasteiger partial charge in [0.1, 0.15) is 5.75 Å². The molecule has 0 unspecified atom stereocenters. The van der Waals surface area contributed by atoms with Crippen LogP contribution in [0.4, 0.5) is 0 Å². The molecule has 3 aromatic carbocycles. The fourth-order valence-corrected chi connectivity index (χ4v) is 2.80. The van der Waals surface area contributed by atoms with Crippen LogP contribution in [0.25, 0.3) is 0 Å². The van der Waals surface area contributed by atoms with Crippen molar-refractivity contribution in [2.45, 2.75) is 6.42 Å². The molecule has 0 N–H and O–H groups in total. The van der Waals surface area contributed by atoms with Gasteiger partial charge in [-0.05, 0) is 29.3 Å². The SMILES string of the molecule is COc1cccc(OC)c1OC(=O)COc1ccccc1Cc1ccccc1. The number of hydrogen-bond donors (Lipinski definition) is 0. The van der Waals surface area contributed by atoms with Gasteiger partial charge in [0.15, 0.2) is 18.1 Å². The summed E-state index contributed by atoms with van der Waals surface area (Å²) in [5.41, 5.74) is 2.16. The van der Waals surface area contributed by atoms with Gasteiger partial charge in [-0.3, -0.25) is 0 Å². The molecule has 5 nitrogen and oxygen atoms in total. The van der Waals surface area contributed by atoms with Crippen LogP contribution in [0.1, 0.15) is 11.1 Å². The number of benzene rings is 3. The molecule has 0 aliphatic carbocycles. The van der Waals surface area contributed by atoms with E-state index in [9.17, 15) is 4.79 Å². The lowest BCUT2D eigenvalue weighted by atomic mass is 10.0. The van der Waals surface area contributed by atoms with Gasteiger partial charge in [-0.1, -0.05) is 54.6 Å². The van der Waals surface area contributed by atoms with Crippen molar-refractivity contribution in [2.24, 2.45) is 0 Å². The van der Waals surface area contributed by atoms with Crippen molar-refractivity contribution in [2.75, 3.05) is 20.8 Å². The molecule has 0 heterocycles. The number of methoxy groups -OCH3 is 2. The Labute approximate surface area is 164 Å². The molecule has 0 aliphatic heterocycles. The fourth-order valence-electron chi connectivity index (χ4n) is 2.80. The molecule has 0 saturated carbocycles. The minimum absolute atomic E-state index is 0.229. The van der Waals surface area contributed by atoms with Gasteiger partial charge in [0, 0.05) is 6.42 Å². The highest BCUT2D eigenvalue weighted by molar-refractivity contribution is 5.76. The van der Waals surface area contributed by atoms with Crippen LogP contribution >= 0.6 is 0 Å². The fraction of sp³-hybridized carbons (Fsp3) is 0.174. The molecule has 0 radical (unpaired) electrons. The Bertz CT molecular complexity index is 899. The van der Waals surface area contributed by atoms with Crippen molar-refractivity contribution in [1.29, 1.82) is 0 Å². The molecule has 0 bridgehead atoms. The van der Waals surface area contributed by atoms with Gasteiger partial charge in [-0.25, -0.2) is 4.79 Å². The van der Waals surface area contributed by atoms with Gasteiger partial charge in [0.25, 0.3) is 0 Å². The second-order valence-corrected chi connectivity index (χ2v) is 6.02. The zero-order valence-corrected chi connectivity index (χ0v) is 15.9. The molecule has 28 heavy (non-hydrogen) atoms. The second kappa shape index (κ2) is 9.46. The molecule has 0 spiro atoms. The van der Waals surface area contributed by atoms with E-state index in [0.29, 0.717) is 23.7 Å². The summed E-state index contributed by atoms with van der Waals surface area (Å²) >= 11 is 0. The lowest BCUT2D eigenvalue weighted by molar-refractivity contribution is -0.136. The van der Waals surface area contributed by atoms with Crippen molar-refractivity contribution >= 4 is 5.97 Å². The maximum atomic E-state index is 12.3. The van der Waals surface area contributed by atoms with E-state index in [1.54, 1.807) is 18.2 Å². The Morgan fingerprint density at radius 3 is 2.04 bits per heavy atom. The predicted octanol–water partition coefficient (Wildman–Crippen LogP) is 4.28. The van der Waals surface area contributed by atoms with E-state index < -0.39 is 5.97 Å². The van der Waals surface area contributed by atoms with Gasteiger partial charge in [-0.2, -0.15) is 0 Å². The normalized spacial score (nSPS) is 10.2. The molecule has 0 amide bonds. The molecule has 0 saturated heterocycles. The Morgan fingerprint density at radius 2 is 1.36 bits per heavy atom. The van der Waals surface area contributed by atoms with E-state index >= 15 is 0 Å². The summed E-state index contributed by atoms with van der Waals surface area (Å²) in [6.07, 6.45) is 0.715. The number of hydrogen-bond acceptors (Lipinski definition) is 5. The number of carbonyl (C=O) groups excluding carboxylic acids is 1. The number of rotatable bonds is 8. The third kappa shape index (κ3) is 4.82. The monoisotopic (exact) mass is 378 g/mol. The molecule has 3 rings (SSSR count). The van der Waals surface area contributed by atoms with Crippen molar-refractivity contribution in [3.63, 3.8) is 0 Å². The number of esters is 1. The van der Waals surface area contributed by atoms with Crippen LogP contribution in [-0.4, -0.2) is 26.8 Å². The quantitative estimate of drug-likeness (QED) is 0.433. The molecule has 0 fully saturated rings. The summed E-state index contributed by atoms with van der Waals surface area (Å²) < 4.78 is 21.6. The lowest BCUT2D eigenvalue weighted by Crippen LogP contribution is -2.19. The molecule has 0 aliphatic rings. The van der Waals surface area contributed by atoms with Crippen molar-refractivity contribution in [3.05, 3.63) is 83.9 Å². The maximum absolute atomic E-state index is 12.3. The van der Waals surface area contributed by atoms with E-state index in [0.717, 1.165) is 5.56 Å². The summed E-state index contributed by atoms with van der Waals surface area (Å²) in [7, 11) is 3.00. The highest BCUT2D eigenvalue weighted by Crippen LogP contribution is 2.36. The molecular formula is C23H22O5. The Balaban J connectivity index is 1.68. The van der Waals surface area contributed by atoms with Gasteiger partial charge in [-0.15, -0.1) is 0 Å². The summed E-state index contributed by atoms with van der Waals surface area (Å²) in [6, 6.07) is 22.9. The standard InChI is InChI=1S/C23H22O5/c1-25-20-13-8-14-21(26-2)23(20)28-22(24)16-27-19-12-7-6-11-18(19)15-17-9-4-3-5-10-17/h3-14H,15-16H2,1-2H3. The molecular weight excluding hydrogens is 356 g/mol. The Morgan fingerprint density at radius 1 is 0.750 bits per heavy atom. The third-order valence-corrected chi connectivity index (χ3v) is 4.15. The van der Waals surface area contributed by atoms with E-state index in [2.05, 4.69) is 12.1 Å². The summed E-state index contributed by atoms with van der Waals surface area (Å²) in [5.74, 6) is 1.17. The topological polar surface area (TPSA) is 54.0 Å². The molecule has 144 valence electrons. The predicted molar refractivity (Wildman–Crippen MR) is 106 cm³/mol. The van der Waals surface area contributed by atoms with E-state index in [-0.39, 0.29) is 12.4 Å². The summed E-state index contributed by atoms with van der Waals surface area (Å²) in [4.78, 5) is 12.3. The van der Waals surface area contributed by atoms with Gasteiger partial charge in [0.2, 0.25) is 5.75 Å². The number of ether oxygens (including phenoxy) is 4. The van der Waals surface area contributed by atoms with Crippen molar-refractivity contribution in [3.8, 4) is 23.0 Å². The first-order valence-electron chi connectivity index (χ1n) is 8.87. The van der Waals surface area contributed by atoms with Crippen LogP contribution in [0.15, 0.2) is 72.8 Å². The van der Waals surface area contributed by atoms with Gasteiger partial charge >= 0.3 is 5.97 Å². The first-order valence-corrected chi connectivity index (χ1v) is 8.87. The highest BCUT2D eigenvalue weighted by Gasteiger charge is 2.16. The molecule has 3 aromatic rings.